The van der Waals surface area contributed by atoms with Crippen molar-refractivity contribution in [1.29, 1.82) is 0 Å². The molecular formula is C19H23N3O3. The highest BCUT2D eigenvalue weighted by Gasteiger charge is 2.27. The molecule has 2 aliphatic heterocycles. The summed E-state index contributed by atoms with van der Waals surface area (Å²) in [4.78, 5) is 6.80. The van der Waals surface area contributed by atoms with Gasteiger partial charge < -0.3 is 18.8 Å². The maximum atomic E-state index is 5.97. The lowest BCUT2D eigenvalue weighted by Gasteiger charge is -2.34. The number of fused-ring (bicyclic) bond motifs is 2. The molecule has 2 aromatic rings. The van der Waals surface area contributed by atoms with E-state index in [1.54, 1.807) is 0 Å². The zero-order valence-electron chi connectivity index (χ0n) is 14.3. The van der Waals surface area contributed by atoms with Crippen LogP contribution in [0.1, 0.15) is 30.1 Å². The maximum absolute atomic E-state index is 5.97. The van der Waals surface area contributed by atoms with Gasteiger partial charge in [-0.2, -0.15) is 0 Å². The van der Waals surface area contributed by atoms with Gasteiger partial charge in [-0.3, -0.25) is 4.90 Å². The number of hydrogen-bond donors (Lipinski definition) is 0. The Labute approximate surface area is 147 Å². The first kappa shape index (κ1) is 15.2. The van der Waals surface area contributed by atoms with E-state index in [1.807, 2.05) is 18.6 Å². The van der Waals surface area contributed by atoms with Crippen LogP contribution in [-0.2, 0) is 17.8 Å². The molecule has 3 heterocycles. The van der Waals surface area contributed by atoms with E-state index in [-0.39, 0.29) is 0 Å². The molecular weight excluding hydrogens is 318 g/mol. The van der Waals surface area contributed by atoms with Gasteiger partial charge in [0.1, 0.15) is 0 Å². The predicted molar refractivity (Wildman–Crippen MR) is 91.5 cm³/mol. The van der Waals surface area contributed by atoms with Gasteiger partial charge in [-0.25, -0.2) is 4.98 Å². The molecule has 1 aromatic carbocycles. The van der Waals surface area contributed by atoms with Gasteiger partial charge in [-0.1, -0.05) is 6.07 Å². The van der Waals surface area contributed by atoms with Crippen LogP contribution in [0.15, 0.2) is 30.7 Å². The van der Waals surface area contributed by atoms with E-state index >= 15 is 0 Å². The Bertz CT molecular complexity index is 756. The van der Waals surface area contributed by atoms with E-state index in [4.69, 9.17) is 14.2 Å². The van der Waals surface area contributed by atoms with E-state index in [0.29, 0.717) is 12.8 Å². The molecule has 1 fully saturated rings. The highest BCUT2D eigenvalue weighted by Crippen LogP contribution is 2.33. The highest BCUT2D eigenvalue weighted by atomic mass is 16.7. The number of imidazole rings is 1. The number of rotatable bonds is 6. The topological polar surface area (TPSA) is 48.8 Å². The first-order chi connectivity index (χ1) is 12.3. The predicted octanol–water partition coefficient (Wildman–Crippen LogP) is 2.60. The van der Waals surface area contributed by atoms with Crippen molar-refractivity contribution in [3.8, 4) is 11.5 Å². The molecule has 3 aliphatic rings. The van der Waals surface area contributed by atoms with Crippen LogP contribution in [0.4, 0.5) is 0 Å². The van der Waals surface area contributed by atoms with E-state index in [0.717, 1.165) is 50.3 Å². The van der Waals surface area contributed by atoms with Crippen molar-refractivity contribution in [1.82, 2.24) is 14.5 Å². The minimum Gasteiger partial charge on any atom is -0.454 e. The molecule has 0 unspecified atom stereocenters. The summed E-state index contributed by atoms with van der Waals surface area (Å²) < 4.78 is 19.2. The van der Waals surface area contributed by atoms with Crippen molar-refractivity contribution in [2.45, 2.75) is 32.0 Å². The van der Waals surface area contributed by atoms with Crippen LogP contribution in [0.2, 0.25) is 0 Å². The van der Waals surface area contributed by atoms with Gasteiger partial charge in [0.2, 0.25) is 6.79 Å². The summed E-state index contributed by atoms with van der Waals surface area (Å²) in [5.74, 6) is 2.49. The summed E-state index contributed by atoms with van der Waals surface area (Å²) in [5.41, 5.74) is 2.50. The molecule has 1 saturated carbocycles. The third-order valence-electron chi connectivity index (χ3n) is 5.20. The Morgan fingerprint density at radius 3 is 3.00 bits per heavy atom. The van der Waals surface area contributed by atoms with Crippen molar-refractivity contribution in [3.63, 3.8) is 0 Å². The van der Waals surface area contributed by atoms with Crippen LogP contribution in [0.5, 0.6) is 11.5 Å². The lowest BCUT2D eigenvalue weighted by atomic mass is 10.1. The molecule has 0 amide bonds. The highest BCUT2D eigenvalue weighted by molar-refractivity contribution is 5.44. The van der Waals surface area contributed by atoms with Crippen LogP contribution >= 0.6 is 0 Å². The Hall–Kier alpha value is -2.05. The van der Waals surface area contributed by atoms with Crippen molar-refractivity contribution in [3.05, 3.63) is 42.0 Å². The summed E-state index contributed by atoms with van der Waals surface area (Å²) in [7, 11) is 0. The second kappa shape index (κ2) is 6.35. The van der Waals surface area contributed by atoms with Crippen LogP contribution in [-0.4, -0.2) is 41.0 Å². The van der Waals surface area contributed by atoms with Crippen molar-refractivity contribution < 1.29 is 14.2 Å². The van der Waals surface area contributed by atoms with E-state index in [2.05, 4.69) is 26.6 Å². The van der Waals surface area contributed by atoms with Gasteiger partial charge in [-0.05, 0) is 36.5 Å². The molecule has 0 bridgehead atoms. The van der Waals surface area contributed by atoms with E-state index in [9.17, 15) is 0 Å². The van der Waals surface area contributed by atoms with Crippen molar-refractivity contribution in [2.24, 2.45) is 5.92 Å². The summed E-state index contributed by atoms with van der Waals surface area (Å²) in [6.07, 6.45) is 6.58. The molecule has 132 valence electrons. The van der Waals surface area contributed by atoms with Gasteiger partial charge in [0.05, 0.1) is 24.7 Å². The van der Waals surface area contributed by atoms with Crippen molar-refractivity contribution >= 4 is 0 Å². The molecule has 0 N–H and O–H groups in total. The number of ether oxygens (including phenoxy) is 3. The molecule has 1 aliphatic carbocycles. The molecule has 0 spiro atoms. The van der Waals surface area contributed by atoms with Crippen LogP contribution < -0.4 is 9.47 Å². The third kappa shape index (κ3) is 3.24. The Balaban J connectivity index is 1.27. The zero-order valence-corrected chi connectivity index (χ0v) is 14.3. The standard InChI is InChI=1S/C19H23N3O3/c1-2-14(1)10-23-11-17-9-21(8-16-6-20-12-22(16)17)7-15-3-4-18-19(5-15)25-13-24-18/h3-6,12,14,17H,1-2,7-11,13H2/t17-/m1/s1. The number of benzene rings is 1. The number of aromatic nitrogens is 2. The fourth-order valence-corrected chi connectivity index (χ4v) is 3.67. The average Bonchev–Trinajstić information content (AvgIpc) is 3.12. The minimum absolute atomic E-state index is 0.322. The Morgan fingerprint density at radius 1 is 1.16 bits per heavy atom. The van der Waals surface area contributed by atoms with Gasteiger partial charge in [0.25, 0.3) is 0 Å². The number of nitrogens with zero attached hydrogens (tertiary/aromatic N) is 3. The lowest BCUT2D eigenvalue weighted by molar-refractivity contribution is 0.0623. The van der Waals surface area contributed by atoms with Crippen molar-refractivity contribution in [2.75, 3.05) is 26.6 Å². The maximum Gasteiger partial charge on any atom is 0.231 e. The minimum atomic E-state index is 0.322. The monoisotopic (exact) mass is 341 g/mol. The zero-order chi connectivity index (χ0) is 16.6. The van der Waals surface area contributed by atoms with Gasteiger partial charge in [0, 0.05) is 32.4 Å². The second-order valence-electron chi connectivity index (χ2n) is 7.28. The van der Waals surface area contributed by atoms with Gasteiger partial charge in [0.15, 0.2) is 11.5 Å². The largest absolute Gasteiger partial charge is 0.454 e. The summed E-state index contributed by atoms with van der Waals surface area (Å²) in [6.45, 7) is 4.76. The quantitative estimate of drug-likeness (QED) is 0.808. The molecule has 1 atom stereocenters. The van der Waals surface area contributed by atoms with E-state index in [1.165, 1.54) is 24.1 Å². The SMILES string of the molecule is c1cc2c(cc1CN1Cc3cncn3[C@@H](COCC3CC3)C1)OCO2. The van der Waals surface area contributed by atoms with Crippen LogP contribution in [0, 0.1) is 5.92 Å². The molecule has 6 heteroatoms. The Morgan fingerprint density at radius 2 is 2.08 bits per heavy atom. The normalized spacial score (nSPS) is 22.2. The molecule has 0 radical (unpaired) electrons. The smallest absolute Gasteiger partial charge is 0.231 e. The van der Waals surface area contributed by atoms with Crippen LogP contribution in [0.3, 0.4) is 0 Å². The fraction of sp³-hybridized carbons (Fsp3) is 0.526. The van der Waals surface area contributed by atoms with Gasteiger partial charge in [-0.15, -0.1) is 0 Å². The average molecular weight is 341 g/mol. The second-order valence-corrected chi connectivity index (χ2v) is 7.28. The molecule has 5 rings (SSSR count). The number of hydrogen-bond acceptors (Lipinski definition) is 5. The lowest BCUT2D eigenvalue weighted by Crippen LogP contribution is -2.38. The Kier molecular flexibility index (Phi) is 3.87. The summed E-state index contributed by atoms with van der Waals surface area (Å²) >= 11 is 0. The first-order valence-corrected chi connectivity index (χ1v) is 9.04. The first-order valence-electron chi connectivity index (χ1n) is 9.04. The molecule has 25 heavy (non-hydrogen) atoms. The molecule has 6 nitrogen and oxygen atoms in total. The molecule has 1 aromatic heterocycles. The summed E-state index contributed by atoms with van der Waals surface area (Å²) in [6, 6.07) is 6.55. The third-order valence-corrected chi connectivity index (χ3v) is 5.20. The van der Waals surface area contributed by atoms with Gasteiger partial charge >= 0.3 is 0 Å². The fourth-order valence-electron chi connectivity index (χ4n) is 3.67. The summed E-state index contributed by atoms with van der Waals surface area (Å²) in [5, 5.41) is 0. The molecule has 0 saturated heterocycles. The van der Waals surface area contributed by atoms with E-state index < -0.39 is 0 Å². The van der Waals surface area contributed by atoms with Crippen LogP contribution in [0.25, 0.3) is 0 Å².